The molecule has 0 aliphatic carbocycles. The number of aromatic nitrogens is 1. The van der Waals surface area contributed by atoms with Crippen molar-refractivity contribution in [1.29, 1.82) is 0 Å². The van der Waals surface area contributed by atoms with E-state index in [9.17, 15) is 9.18 Å². The van der Waals surface area contributed by atoms with Crippen LogP contribution in [0.3, 0.4) is 0 Å². The second kappa shape index (κ2) is 6.00. The minimum atomic E-state index is -0.378. The molecule has 1 aromatic carbocycles. The normalized spacial score (nSPS) is 10.8. The van der Waals surface area contributed by atoms with Crippen LogP contribution in [0.5, 0.6) is 0 Å². The fourth-order valence-corrected chi connectivity index (χ4v) is 2.57. The Labute approximate surface area is 120 Å². The average molecular weight is 293 g/mol. The first-order chi connectivity index (χ1) is 9.47. The van der Waals surface area contributed by atoms with E-state index in [1.165, 1.54) is 6.07 Å². The van der Waals surface area contributed by atoms with Crippen molar-refractivity contribution in [3.05, 3.63) is 35.0 Å². The Kier molecular flexibility index (Phi) is 4.34. The van der Waals surface area contributed by atoms with Gasteiger partial charge in [-0.25, -0.2) is 9.37 Å². The van der Waals surface area contributed by atoms with Gasteiger partial charge in [-0.1, -0.05) is 37.3 Å². The van der Waals surface area contributed by atoms with E-state index in [0.717, 1.165) is 11.3 Å². The molecule has 0 fully saturated rings. The zero-order chi connectivity index (χ0) is 14.7. The highest BCUT2D eigenvalue weighted by molar-refractivity contribution is 7.18. The number of rotatable bonds is 5. The molecule has 1 heterocycles. The van der Waals surface area contributed by atoms with Gasteiger partial charge in [0.25, 0.3) is 0 Å². The fourth-order valence-electron chi connectivity index (χ4n) is 1.73. The highest BCUT2D eigenvalue weighted by atomic mass is 32.1. The number of halogens is 1. The molecule has 6 heteroatoms. The predicted octanol–water partition coefficient (Wildman–Crippen LogP) is 3.84. The Balaban J connectivity index is 2.19. The monoisotopic (exact) mass is 293 g/mol. The third kappa shape index (κ3) is 3.33. The summed E-state index contributed by atoms with van der Waals surface area (Å²) in [7, 11) is 0. The lowest BCUT2D eigenvalue weighted by Gasteiger charge is -2.02. The first kappa shape index (κ1) is 14.5. The number of ketones is 1. The zero-order valence-electron chi connectivity index (χ0n) is 11.3. The Morgan fingerprint density at radius 2 is 2.15 bits per heavy atom. The molecule has 3 N–H and O–H groups in total. The maximum Gasteiger partial charge on any atom is 0.189 e. The summed E-state index contributed by atoms with van der Waals surface area (Å²) in [6.07, 6.45) is 0.422. The van der Waals surface area contributed by atoms with Gasteiger partial charge in [0.2, 0.25) is 0 Å². The molecule has 2 rings (SSSR count). The second-order valence-electron chi connectivity index (χ2n) is 4.86. The molecule has 0 radical (unpaired) electrons. The van der Waals surface area contributed by atoms with Crippen LogP contribution in [0.15, 0.2) is 24.3 Å². The van der Waals surface area contributed by atoms with Gasteiger partial charge in [-0.3, -0.25) is 4.79 Å². The number of anilines is 3. The summed E-state index contributed by atoms with van der Waals surface area (Å²) in [6, 6.07) is 6.27. The number of thiazole rings is 1. The first-order valence-corrected chi connectivity index (χ1v) is 7.10. The lowest BCUT2D eigenvalue weighted by atomic mass is 10.1. The van der Waals surface area contributed by atoms with E-state index in [0.29, 0.717) is 22.1 Å². The maximum absolute atomic E-state index is 13.5. The SMILES string of the molecule is CC(C)CC(=O)c1sc(Nc2ccccc2F)nc1N. The molecule has 1 aromatic heterocycles. The van der Waals surface area contributed by atoms with Crippen LogP contribution >= 0.6 is 11.3 Å². The Bertz CT molecular complexity index is 625. The fraction of sp³-hybridized carbons (Fsp3) is 0.286. The minimum Gasteiger partial charge on any atom is -0.382 e. The van der Waals surface area contributed by atoms with Gasteiger partial charge in [0, 0.05) is 6.42 Å². The van der Waals surface area contributed by atoms with Crippen LogP contribution in [0.25, 0.3) is 0 Å². The number of para-hydroxylation sites is 1. The topological polar surface area (TPSA) is 68.0 Å². The highest BCUT2D eigenvalue weighted by Gasteiger charge is 2.17. The third-order valence-electron chi connectivity index (χ3n) is 2.62. The molecule has 4 nitrogen and oxygen atoms in total. The number of Topliss-reactive ketones (excluding diaryl/α,β-unsaturated/α-hetero) is 1. The van der Waals surface area contributed by atoms with E-state index in [1.807, 2.05) is 13.8 Å². The molecule has 0 spiro atoms. The first-order valence-electron chi connectivity index (χ1n) is 6.28. The number of benzene rings is 1. The van der Waals surface area contributed by atoms with Gasteiger partial charge in [0.05, 0.1) is 5.69 Å². The average Bonchev–Trinajstić information content (AvgIpc) is 2.72. The van der Waals surface area contributed by atoms with Crippen LogP contribution in [-0.4, -0.2) is 10.8 Å². The van der Waals surface area contributed by atoms with Crippen molar-refractivity contribution in [2.45, 2.75) is 20.3 Å². The molecule has 0 atom stereocenters. The van der Waals surface area contributed by atoms with Gasteiger partial charge >= 0.3 is 0 Å². The van der Waals surface area contributed by atoms with Crippen LogP contribution < -0.4 is 11.1 Å². The number of nitrogens with two attached hydrogens (primary N) is 1. The van der Waals surface area contributed by atoms with Crippen molar-refractivity contribution in [1.82, 2.24) is 4.98 Å². The van der Waals surface area contributed by atoms with Crippen molar-refractivity contribution in [2.24, 2.45) is 5.92 Å². The molecular weight excluding hydrogens is 277 g/mol. The van der Waals surface area contributed by atoms with Gasteiger partial charge in [0.1, 0.15) is 16.5 Å². The zero-order valence-corrected chi connectivity index (χ0v) is 12.1. The molecule has 106 valence electrons. The quantitative estimate of drug-likeness (QED) is 0.822. The van der Waals surface area contributed by atoms with Gasteiger partial charge in [0.15, 0.2) is 10.9 Å². The number of nitrogen functional groups attached to an aromatic ring is 1. The lowest BCUT2D eigenvalue weighted by Crippen LogP contribution is -2.04. The van der Waals surface area contributed by atoms with E-state index in [1.54, 1.807) is 18.2 Å². The van der Waals surface area contributed by atoms with Gasteiger partial charge in [-0.2, -0.15) is 0 Å². The molecule has 0 saturated heterocycles. The summed E-state index contributed by atoms with van der Waals surface area (Å²) < 4.78 is 13.5. The Hall–Kier alpha value is -1.95. The lowest BCUT2D eigenvalue weighted by molar-refractivity contribution is 0.0972. The van der Waals surface area contributed by atoms with E-state index in [4.69, 9.17) is 5.73 Å². The van der Waals surface area contributed by atoms with Crippen molar-refractivity contribution in [2.75, 3.05) is 11.1 Å². The van der Waals surface area contributed by atoms with Crippen LogP contribution in [0, 0.1) is 11.7 Å². The van der Waals surface area contributed by atoms with E-state index in [2.05, 4.69) is 10.3 Å². The molecule has 20 heavy (non-hydrogen) atoms. The van der Waals surface area contributed by atoms with Crippen molar-refractivity contribution >= 4 is 33.8 Å². The molecule has 2 aromatic rings. The van der Waals surface area contributed by atoms with Gasteiger partial charge < -0.3 is 11.1 Å². The van der Waals surface area contributed by atoms with E-state index >= 15 is 0 Å². The number of carbonyl (C=O) groups is 1. The summed E-state index contributed by atoms with van der Waals surface area (Å²) in [5.41, 5.74) is 6.06. The van der Waals surface area contributed by atoms with Crippen LogP contribution in [0.1, 0.15) is 29.9 Å². The predicted molar refractivity (Wildman–Crippen MR) is 80.0 cm³/mol. The van der Waals surface area contributed by atoms with Crippen LogP contribution in [0.2, 0.25) is 0 Å². The van der Waals surface area contributed by atoms with Crippen molar-refractivity contribution in [3.63, 3.8) is 0 Å². The summed E-state index contributed by atoms with van der Waals surface area (Å²) in [4.78, 5) is 16.5. The summed E-state index contributed by atoms with van der Waals surface area (Å²) in [6.45, 7) is 3.93. The molecule has 0 saturated carbocycles. The van der Waals surface area contributed by atoms with E-state index < -0.39 is 0 Å². The van der Waals surface area contributed by atoms with Gasteiger partial charge in [-0.15, -0.1) is 0 Å². The summed E-state index contributed by atoms with van der Waals surface area (Å²) >= 11 is 1.15. The Morgan fingerprint density at radius 1 is 1.45 bits per heavy atom. The molecule has 0 amide bonds. The van der Waals surface area contributed by atoms with E-state index in [-0.39, 0.29) is 23.3 Å². The summed E-state index contributed by atoms with van der Waals surface area (Å²) in [5, 5.41) is 3.26. The number of hydrogen-bond donors (Lipinski definition) is 2. The standard InChI is InChI=1S/C14H16FN3OS/c1-8(2)7-11(19)12-13(16)18-14(20-12)17-10-6-4-3-5-9(10)15/h3-6,8H,7,16H2,1-2H3,(H,17,18). The Morgan fingerprint density at radius 3 is 2.80 bits per heavy atom. The third-order valence-corrected chi connectivity index (χ3v) is 3.64. The molecular formula is C14H16FN3OS. The molecule has 0 aliphatic rings. The number of nitrogens with zero attached hydrogens (tertiary/aromatic N) is 1. The number of hydrogen-bond acceptors (Lipinski definition) is 5. The second-order valence-corrected chi connectivity index (χ2v) is 5.86. The molecule has 0 aliphatic heterocycles. The molecule has 0 bridgehead atoms. The van der Waals surface area contributed by atoms with Crippen molar-refractivity contribution in [3.8, 4) is 0 Å². The minimum absolute atomic E-state index is 0.0309. The van der Waals surface area contributed by atoms with Crippen LogP contribution in [-0.2, 0) is 0 Å². The van der Waals surface area contributed by atoms with Gasteiger partial charge in [-0.05, 0) is 18.1 Å². The summed E-state index contributed by atoms with van der Waals surface area (Å²) in [5.74, 6) is 0.0411. The largest absolute Gasteiger partial charge is 0.382 e. The number of carbonyl (C=O) groups excluding carboxylic acids is 1. The van der Waals surface area contributed by atoms with Crippen LogP contribution in [0.4, 0.5) is 21.0 Å². The van der Waals surface area contributed by atoms with Crippen molar-refractivity contribution < 1.29 is 9.18 Å². The smallest absolute Gasteiger partial charge is 0.189 e. The highest BCUT2D eigenvalue weighted by Crippen LogP contribution is 2.30. The maximum atomic E-state index is 13.5. The number of nitrogens with one attached hydrogen (secondary N) is 1. The molecule has 0 unspecified atom stereocenters.